The number of rotatable bonds is 4. The van der Waals surface area contributed by atoms with Gasteiger partial charge in [0.1, 0.15) is 0 Å². The predicted molar refractivity (Wildman–Crippen MR) is 69.2 cm³/mol. The van der Waals surface area contributed by atoms with E-state index >= 15 is 0 Å². The van der Waals surface area contributed by atoms with E-state index in [0.29, 0.717) is 5.69 Å². The molecule has 0 saturated carbocycles. The molecule has 1 amide bonds. The summed E-state index contributed by atoms with van der Waals surface area (Å²) in [7, 11) is 1.58. The van der Waals surface area contributed by atoms with Crippen molar-refractivity contribution in [2.75, 3.05) is 18.6 Å². The Hall–Kier alpha value is -1.88. The highest BCUT2D eigenvalue weighted by Crippen LogP contribution is 2.14. The number of nitrogens with two attached hydrogens (primary N) is 1. The number of carbonyl (C=O) groups is 2. The largest absolute Gasteiger partial charge is 0.464 e. The molecule has 0 aromatic heterocycles. The fourth-order valence-corrected chi connectivity index (χ4v) is 1.44. The number of benzene rings is 1. The normalized spacial score (nSPS) is 11.8. The van der Waals surface area contributed by atoms with Crippen LogP contribution in [-0.4, -0.2) is 31.6 Å². The van der Waals surface area contributed by atoms with Crippen molar-refractivity contribution in [3.05, 3.63) is 29.8 Å². The van der Waals surface area contributed by atoms with Gasteiger partial charge in [-0.15, -0.1) is 0 Å². The van der Waals surface area contributed by atoms with Gasteiger partial charge in [-0.3, -0.25) is 4.79 Å². The summed E-state index contributed by atoms with van der Waals surface area (Å²) in [6.45, 7) is 3.82. The zero-order chi connectivity index (χ0) is 13.7. The molecule has 0 bridgehead atoms. The van der Waals surface area contributed by atoms with Gasteiger partial charge in [0.05, 0.1) is 6.61 Å². The number of esters is 1. The van der Waals surface area contributed by atoms with Crippen LogP contribution in [0.4, 0.5) is 5.69 Å². The number of hydrogen-bond acceptors (Lipinski definition) is 4. The zero-order valence-electron chi connectivity index (χ0n) is 10.8. The number of ether oxygens (including phenoxy) is 1. The number of hydrogen-bond donors (Lipinski definition) is 1. The van der Waals surface area contributed by atoms with Crippen molar-refractivity contribution in [1.82, 2.24) is 0 Å². The topological polar surface area (TPSA) is 72.6 Å². The van der Waals surface area contributed by atoms with Crippen LogP contribution in [0.25, 0.3) is 0 Å². The highest BCUT2D eigenvalue weighted by Gasteiger charge is 2.27. The maximum absolute atomic E-state index is 11.9. The number of likely N-dealkylation sites (N-methyl/N-ethyl adjacent to an activating group) is 1. The first-order valence-electron chi connectivity index (χ1n) is 5.73. The molecule has 0 fully saturated rings. The van der Waals surface area contributed by atoms with E-state index in [-0.39, 0.29) is 6.61 Å². The first-order valence-corrected chi connectivity index (χ1v) is 5.73. The summed E-state index contributed by atoms with van der Waals surface area (Å²) >= 11 is 0. The number of aryl methyl sites for hydroxylation is 1. The van der Waals surface area contributed by atoms with Gasteiger partial charge < -0.3 is 15.4 Å². The minimum absolute atomic E-state index is 0.202. The lowest BCUT2D eigenvalue weighted by Gasteiger charge is -2.20. The fraction of sp³-hybridized carbons (Fsp3) is 0.385. The molecular formula is C13H18N2O3. The summed E-state index contributed by atoms with van der Waals surface area (Å²) in [5.74, 6) is -1.20. The first-order chi connectivity index (χ1) is 8.47. The van der Waals surface area contributed by atoms with Gasteiger partial charge in [-0.25, -0.2) is 4.79 Å². The quantitative estimate of drug-likeness (QED) is 0.635. The van der Waals surface area contributed by atoms with Crippen molar-refractivity contribution in [3.63, 3.8) is 0 Å². The second-order valence-electron chi connectivity index (χ2n) is 3.96. The standard InChI is InChI=1S/C13H18N2O3/c1-4-18-13(17)11(14)12(16)15(3)10-7-5-9(2)6-8-10/h5-8,11H,4,14H2,1-3H3. The van der Waals surface area contributed by atoms with Gasteiger partial charge in [-0.05, 0) is 26.0 Å². The van der Waals surface area contributed by atoms with Crippen LogP contribution in [0.2, 0.25) is 0 Å². The molecule has 0 radical (unpaired) electrons. The Labute approximate surface area is 107 Å². The van der Waals surface area contributed by atoms with Gasteiger partial charge in [0, 0.05) is 12.7 Å². The molecule has 5 heteroatoms. The molecule has 1 aromatic carbocycles. The van der Waals surface area contributed by atoms with Gasteiger partial charge in [0.15, 0.2) is 6.04 Å². The van der Waals surface area contributed by atoms with Crippen LogP contribution >= 0.6 is 0 Å². The van der Waals surface area contributed by atoms with Crippen molar-refractivity contribution in [1.29, 1.82) is 0 Å². The van der Waals surface area contributed by atoms with E-state index in [2.05, 4.69) is 0 Å². The third-order valence-corrected chi connectivity index (χ3v) is 2.56. The fourth-order valence-electron chi connectivity index (χ4n) is 1.44. The molecular weight excluding hydrogens is 232 g/mol. The van der Waals surface area contributed by atoms with Crippen LogP contribution in [0.1, 0.15) is 12.5 Å². The Kier molecular flexibility index (Phi) is 4.85. The van der Waals surface area contributed by atoms with Crippen molar-refractivity contribution in [2.24, 2.45) is 5.73 Å². The third kappa shape index (κ3) is 3.30. The minimum atomic E-state index is -1.28. The van der Waals surface area contributed by atoms with Crippen molar-refractivity contribution in [2.45, 2.75) is 19.9 Å². The van der Waals surface area contributed by atoms with E-state index in [1.807, 2.05) is 19.1 Å². The molecule has 18 heavy (non-hydrogen) atoms. The Morgan fingerprint density at radius 2 is 1.89 bits per heavy atom. The first kappa shape index (κ1) is 14.2. The van der Waals surface area contributed by atoms with Gasteiger partial charge in [0.2, 0.25) is 0 Å². The zero-order valence-corrected chi connectivity index (χ0v) is 10.8. The average molecular weight is 250 g/mol. The summed E-state index contributed by atoms with van der Waals surface area (Å²) < 4.78 is 4.72. The third-order valence-electron chi connectivity index (χ3n) is 2.56. The molecule has 1 rings (SSSR count). The molecule has 1 atom stereocenters. The van der Waals surface area contributed by atoms with E-state index in [9.17, 15) is 9.59 Å². The summed E-state index contributed by atoms with van der Waals surface area (Å²) in [5.41, 5.74) is 7.33. The van der Waals surface area contributed by atoms with Crippen LogP contribution in [0, 0.1) is 6.92 Å². The smallest absolute Gasteiger partial charge is 0.332 e. The monoisotopic (exact) mass is 250 g/mol. The van der Waals surface area contributed by atoms with Gasteiger partial charge in [-0.1, -0.05) is 17.7 Å². The minimum Gasteiger partial charge on any atom is -0.464 e. The number of amides is 1. The highest BCUT2D eigenvalue weighted by atomic mass is 16.5. The SMILES string of the molecule is CCOC(=O)C(N)C(=O)N(C)c1ccc(C)cc1. The van der Waals surface area contributed by atoms with E-state index in [0.717, 1.165) is 5.56 Å². The molecule has 2 N–H and O–H groups in total. The van der Waals surface area contributed by atoms with Crippen LogP contribution in [0.3, 0.4) is 0 Å². The summed E-state index contributed by atoms with van der Waals surface area (Å²) in [5, 5.41) is 0. The molecule has 0 aliphatic carbocycles. The lowest BCUT2D eigenvalue weighted by molar-refractivity contribution is -0.147. The van der Waals surface area contributed by atoms with Crippen LogP contribution in [0.15, 0.2) is 24.3 Å². The molecule has 98 valence electrons. The second-order valence-corrected chi connectivity index (χ2v) is 3.96. The highest BCUT2D eigenvalue weighted by molar-refractivity contribution is 6.09. The Bertz CT molecular complexity index is 428. The van der Waals surface area contributed by atoms with E-state index in [1.54, 1.807) is 26.1 Å². The second kappa shape index (κ2) is 6.16. The molecule has 0 aliphatic heterocycles. The summed E-state index contributed by atoms with van der Waals surface area (Å²) in [6.07, 6.45) is 0. The molecule has 1 aromatic rings. The Balaban J connectivity index is 2.77. The van der Waals surface area contributed by atoms with Crippen molar-refractivity contribution in [3.8, 4) is 0 Å². The maximum atomic E-state index is 11.9. The average Bonchev–Trinajstić information content (AvgIpc) is 2.37. The van der Waals surface area contributed by atoms with Crippen LogP contribution in [-0.2, 0) is 14.3 Å². The summed E-state index contributed by atoms with van der Waals surface area (Å²) in [6, 6.07) is 6.08. The molecule has 5 nitrogen and oxygen atoms in total. The molecule has 0 heterocycles. The molecule has 0 saturated heterocycles. The van der Waals surface area contributed by atoms with Crippen LogP contribution in [0.5, 0.6) is 0 Å². The number of nitrogens with zero attached hydrogens (tertiary/aromatic N) is 1. The van der Waals surface area contributed by atoms with Crippen molar-refractivity contribution >= 4 is 17.6 Å². The lowest BCUT2D eigenvalue weighted by atomic mass is 10.2. The van der Waals surface area contributed by atoms with E-state index in [1.165, 1.54) is 4.90 Å². The molecule has 0 aliphatic rings. The van der Waals surface area contributed by atoms with Crippen LogP contribution < -0.4 is 10.6 Å². The van der Waals surface area contributed by atoms with Gasteiger partial charge in [-0.2, -0.15) is 0 Å². The maximum Gasteiger partial charge on any atom is 0.332 e. The number of carbonyl (C=O) groups excluding carboxylic acids is 2. The molecule has 0 spiro atoms. The predicted octanol–water partition coefficient (Wildman–Crippen LogP) is 0.848. The Morgan fingerprint density at radius 1 is 1.33 bits per heavy atom. The van der Waals surface area contributed by atoms with E-state index in [4.69, 9.17) is 10.5 Å². The number of anilines is 1. The van der Waals surface area contributed by atoms with Crippen molar-refractivity contribution < 1.29 is 14.3 Å². The van der Waals surface area contributed by atoms with E-state index < -0.39 is 17.9 Å². The van der Waals surface area contributed by atoms with Gasteiger partial charge >= 0.3 is 5.97 Å². The lowest BCUT2D eigenvalue weighted by Crippen LogP contribution is -2.47. The molecule has 1 unspecified atom stereocenters. The summed E-state index contributed by atoms with van der Waals surface area (Å²) in [4.78, 5) is 24.7. The Morgan fingerprint density at radius 3 is 2.39 bits per heavy atom. The van der Waals surface area contributed by atoms with Gasteiger partial charge in [0.25, 0.3) is 5.91 Å².